The Kier molecular flexibility index (Phi) is 3.35. The van der Waals surface area contributed by atoms with Gasteiger partial charge in [0.15, 0.2) is 0 Å². The summed E-state index contributed by atoms with van der Waals surface area (Å²) < 4.78 is 5.04. The van der Waals surface area contributed by atoms with Crippen LogP contribution in [0.3, 0.4) is 0 Å². The maximum absolute atomic E-state index is 2.54. The van der Waals surface area contributed by atoms with E-state index in [1.807, 2.05) is 0 Å². The molecule has 142 valence electrons. The van der Waals surface area contributed by atoms with Crippen LogP contribution < -0.4 is 0 Å². The summed E-state index contributed by atoms with van der Waals surface area (Å²) in [4.78, 5) is 0. The number of fused-ring (bicyclic) bond motifs is 7. The maximum Gasteiger partial charge on any atom is 0.0597 e. The zero-order chi connectivity index (χ0) is 19.8. The molecule has 28 heavy (non-hydrogen) atoms. The van der Waals surface area contributed by atoms with Gasteiger partial charge in [-0.2, -0.15) is 0 Å². The van der Waals surface area contributed by atoms with E-state index in [9.17, 15) is 0 Å². The average molecular weight is 369 g/mol. The lowest BCUT2D eigenvalue weighted by atomic mass is 10.1. The van der Waals surface area contributed by atoms with Gasteiger partial charge in [0, 0.05) is 43.7 Å². The van der Waals surface area contributed by atoms with Crippen molar-refractivity contribution in [1.82, 2.24) is 9.13 Å². The molecule has 2 nitrogen and oxygen atoms in total. The fourth-order valence-electron chi connectivity index (χ4n) is 4.93. The van der Waals surface area contributed by atoms with E-state index in [-0.39, 0.29) is 11.1 Å². The molecule has 0 radical (unpaired) electrons. The average Bonchev–Trinajstić information content (AvgIpc) is 3.13. The molecule has 0 saturated carbocycles. The molecule has 0 amide bonds. The third kappa shape index (κ3) is 2.21. The van der Waals surface area contributed by atoms with E-state index in [0.29, 0.717) is 0 Å². The standard InChI is InChI=1S/C26H28N2/c1-25(2,3)27-21-14-10-8-12-19(21)23-22(27)16-15-18-17-11-7-9-13-20(17)28(24(18)23)26(4,5)6/h7-16H,1-6H3. The number of hydrogen-bond donors (Lipinski definition) is 0. The summed E-state index contributed by atoms with van der Waals surface area (Å²) in [5.41, 5.74) is 5.28. The highest BCUT2D eigenvalue weighted by molar-refractivity contribution is 6.25. The zero-order valence-electron chi connectivity index (χ0n) is 17.7. The highest BCUT2D eigenvalue weighted by atomic mass is 15.1. The Bertz CT molecular complexity index is 1360. The summed E-state index contributed by atoms with van der Waals surface area (Å²) in [6.07, 6.45) is 0. The summed E-state index contributed by atoms with van der Waals surface area (Å²) >= 11 is 0. The number of aromatic nitrogens is 2. The number of nitrogens with zero attached hydrogens (tertiary/aromatic N) is 2. The molecule has 0 aliphatic rings. The van der Waals surface area contributed by atoms with Crippen molar-refractivity contribution in [3.63, 3.8) is 0 Å². The fourth-order valence-corrected chi connectivity index (χ4v) is 4.93. The lowest BCUT2D eigenvalue weighted by Crippen LogP contribution is -2.22. The van der Waals surface area contributed by atoms with Crippen LogP contribution in [0.5, 0.6) is 0 Å². The summed E-state index contributed by atoms with van der Waals surface area (Å²) in [7, 11) is 0. The van der Waals surface area contributed by atoms with Gasteiger partial charge in [-0.25, -0.2) is 0 Å². The van der Waals surface area contributed by atoms with Crippen molar-refractivity contribution in [2.75, 3.05) is 0 Å². The Hall–Kier alpha value is -2.74. The quantitative estimate of drug-likeness (QED) is 0.269. The first-order chi connectivity index (χ1) is 13.2. The number of rotatable bonds is 0. The summed E-state index contributed by atoms with van der Waals surface area (Å²) in [5, 5.41) is 5.39. The van der Waals surface area contributed by atoms with Gasteiger partial charge in [-0.05, 0) is 59.7 Å². The Morgan fingerprint density at radius 1 is 0.500 bits per heavy atom. The second-order valence-electron chi connectivity index (χ2n) is 9.90. The van der Waals surface area contributed by atoms with Crippen LogP contribution in [-0.2, 0) is 11.1 Å². The molecular formula is C26H28N2. The molecule has 3 aromatic carbocycles. The van der Waals surface area contributed by atoms with Crippen LogP contribution in [0.4, 0.5) is 0 Å². The molecule has 0 N–H and O–H groups in total. The number of benzene rings is 3. The molecule has 0 aliphatic carbocycles. The Morgan fingerprint density at radius 3 is 1.64 bits per heavy atom. The minimum absolute atomic E-state index is 0.00755. The third-order valence-corrected chi connectivity index (χ3v) is 5.81. The van der Waals surface area contributed by atoms with Gasteiger partial charge in [-0.1, -0.05) is 42.5 Å². The van der Waals surface area contributed by atoms with Gasteiger partial charge in [-0.3, -0.25) is 0 Å². The molecular weight excluding hydrogens is 340 g/mol. The first-order valence-electron chi connectivity index (χ1n) is 10.2. The van der Waals surface area contributed by atoms with E-state index in [1.165, 1.54) is 43.6 Å². The van der Waals surface area contributed by atoms with Crippen molar-refractivity contribution in [3.05, 3.63) is 60.7 Å². The monoisotopic (exact) mass is 368 g/mol. The van der Waals surface area contributed by atoms with E-state index in [0.717, 1.165) is 0 Å². The molecule has 0 bridgehead atoms. The van der Waals surface area contributed by atoms with Crippen molar-refractivity contribution in [2.45, 2.75) is 52.6 Å². The second-order valence-corrected chi connectivity index (χ2v) is 9.90. The van der Waals surface area contributed by atoms with Crippen molar-refractivity contribution < 1.29 is 0 Å². The smallest absolute Gasteiger partial charge is 0.0597 e. The minimum atomic E-state index is -0.0133. The van der Waals surface area contributed by atoms with E-state index >= 15 is 0 Å². The topological polar surface area (TPSA) is 9.86 Å². The first kappa shape index (κ1) is 17.4. The van der Waals surface area contributed by atoms with Gasteiger partial charge in [0.25, 0.3) is 0 Å². The van der Waals surface area contributed by atoms with Gasteiger partial charge >= 0.3 is 0 Å². The van der Waals surface area contributed by atoms with Crippen LogP contribution in [0.1, 0.15) is 41.5 Å². The SMILES string of the molecule is CC(C)(C)n1c2ccccc2c2c1ccc1c3ccccc3n(C(C)(C)C)c12. The first-order valence-corrected chi connectivity index (χ1v) is 10.2. The Morgan fingerprint density at radius 2 is 1.04 bits per heavy atom. The molecule has 0 fully saturated rings. The van der Waals surface area contributed by atoms with Crippen molar-refractivity contribution >= 4 is 43.6 Å². The second kappa shape index (κ2) is 5.41. The van der Waals surface area contributed by atoms with Gasteiger partial charge in [0.2, 0.25) is 0 Å². The zero-order valence-corrected chi connectivity index (χ0v) is 17.7. The molecule has 0 saturated heterocycles. The van der Waals surface area contributed by atoms with Crippen LogP contribution >= 0.6 is 0 Å². The Labute approximate surface area is 166 Å². The van der Waals surface area contributed by atoms with E-state index < -0.39 is 0 Å². The van der Waals surface area contributed by atoms with Crippen LogP contribution in [0.25, 0.3) is 43.6 Å². The van der Waals surface area contributed by atoms with E-state index in [2.05, 4.69) is 111 Å². The molecule has 2 heteroatoms. The van der Waals surface area contributed by atoms with Gasteiger partial charge in [0.05, 0.1) is 11.0 Å². The van der Waals surface area contributed by atoms with Gasteiger partial charge in [-0.15, -0.1) is 0 Å². The molecule has 5 rings (SSSR count). The van der Waals surface area contributed by atoms with Gasteiger partial charge in [0.1, 0.15) is 0 Å². The van der Waals surface area contributed by atoms with Crippen LogP contribution in [0.2, 0.25) is 0 Å². The van der Waals surface area contributed by atoms with Crippen molar-refractivity contribution in [2.24, 2.45) is 0 Å². The number of hydrogen-bond acceptors (Lipinski definition) is 0. The largest absolute Gasteiger partial charge is 0.335 e. The van der Waals surface area contributed by atoms with Crippen LogP contribution in [0.15, 0.2) is 60.7 Å². The van der Waals surface area contributed by atoms with Crippen molar-refractivity contribution in [3.8, 4) is 0 Å². The summed E-state index contributed by atoms with van der Waals surface area (Å²) in [6.45, 7) is 13.8. The molecule has 0 unspecified atom stereocenters. The molecule has 0 aliphatic heterocycles. The predicted molar refractivity (Wildman–Crippen MR) is 122 cm³/mol. The summed E-state index contributed by atoms with van der Waals surface area (Å²) in [5.74, 6) is 0. The van der Waals surface area contributed by atoms with Crippen molar-refractivity contribution in [1.29, 1.82) is 0 Å². The highest BCUT2D eigenvalue weighted by Crippen LogP contribution is 2.43. The highest BCUT2D eigenvalue weighted by Gasteiger charge is 2.26. The lowest BCUT2D eigenvalue weighted by molar-refractivity contribution is 0.422. The van der Waals surface area contributed by atoms with E-state index in [4.69, 9.17) is 0 Å². The van der Waals surface area contributed by atoms with Crippen LogP contribution in [-0.4, -0.2) is 9.13 Å². The minimum Gasteiger partial charge on any atom is -0.335 e. The maximum atomic E-state index is 2.54. The molecule has 0 spiro atoms. The summed E-state index contributed by atoms with van der Waals surface area (Å²) in [6, 6.07) is 22.3. The molecule has 2 heterocycles. The predicted octanol–water partition coefficient (Wildman–Crippen LogP) is 7.41. The number of para-hydroxylation sites is 2. The fraction of sp³-hybridized carbons (Fsp3) is 0.308. The van der Waals surface area contributed by atoms with Gasteiger partial charge < -0.3 is 9.13 Å². The molecule has 0 atom stereocenters. The molecule has 2 aromatic heterocycles. The third-order valence-electron chi connectivity index (χ3n) is 5.81. The normalized spacial score (nSPS) is 13.4. The Balaban J connectivity index is 2.16. The van der Waals surface area contributed by atoms with Crippen LogP contribution in [0, 0.1) is 0 Å². The lowest BCUT2D eigenvalue weighted by Gasteiger charge is -2.25. The molecule has 5 aromatic rings. The van der Waals surface area contributed by atoms with E-state index in [1.54, 1.807) is 0 Å².